The first-order valence-corrected chi connectivity index (χ1v) is 5.29. The summed E-state index contributed by atoms with van der Waals surface area (Å²) in [6.45, 7) is 0.0812. The van der Waals surface area contributed by atoms with Crippen LogP contribution >= 0.6 is 15.9 Å². The lowest BCUT2D eigenvalue weighted by molar-refractivity contribution is -0.140. The van der Waals surface area contributed by atoms with Crippen LogP contribution in [0.3, 0.4) is 0 Å². The van der Waals surface area contributed by atoms with E-state index in [1.165, 1.54) is 0 Å². The van der Waals surface area contributed by atoms with Crippen LogP contribution in [0.5, 0.6) is 0 Å². The molecule has 1 aliphatic heterocycles. The Kier molecular flexibility index (Phi) is 2.74. The maximum Gasteiger partial charge on any atom is 0.331 e. The Hall–Kier alpha value is -1.69. The third kappa shape index (κ3) is 1.83. The number of carbonyl (C=O) groups excluding carboxylic acids is 3. The zero-order valence-corrected chi connectivity index (χ0v) is 9.65. The van der Waals surface area contributed by atoms with Crippen LogP contribution in [0.1, 0.15) is 5.56 Å². The predicted octanol–water partition coefficient (Wildman–Crippen LogP) is 1.03. The highest BCUT2D eigenvalue weighted by molar-refractivity contribution is 9.10. The van der Waals surface area contributed by atoms with Crippen LogP contribution in [0.15, 0.2) is 28.7 Å². The van der Waals surface area contributed by atoms with E-state index in [1.54, 1.807) is 18.2 Å². The number of amides is 4. The van der Waals surface area contributed by atoms with Gasteiger partial charge in [-0.25, -0.2) is 4.79 Å². The van der Waals surface area contributed by atoms with Gasteiger partial charge in [-0.15, -0.1) is 0 Å². The molecule has 0 bridgehead atoms. The van der Waals surface area contributed by atoms with Crippen LogP contribution in [-0.2, 0) is 16.1 Å². The summed E-state index contributed by atoms with van der Waals surface area (Å²) in [5.41, 5.74) is 0.765. The zero-order chi connectivity index (χ0) is 11.7. The molecule has 1 aromatic rings. The molecule has 4 amide bonds. The summed E-state index contributed by atoms with van der Waals surface area (Å²) in [6.07, 6.45) is 0. The van der Waals surface area contributed by atoms with Crippen molar-refractivity contribution in [1.82, 2.24) is 10.2 Å². The van der Waals surface area contributed by atoms with E-state index in [0.717, 1.165) is 14.9 Å². The molecule has 0 aromatic heterocycles. The van der Waals surface area contributed by atoms with Gasteiger partial charge in [0.2, 0.25) is 0 Å². The Morgan fingerprint density at radius 3 is 2.44 bits per heavy atom. The van der Waals surface area contributed by atoms with Gasteiger partial charge in [-0.1, -0.05) is 34.1 Å². The van der Waals surface area contributed by atoms with E-state index >= 15 is 0 Å². The van der Waals surface area contributed by atoms with E-state index in [4.69, 9.17) is 0 Å². The maximum atomic E-state index is 11.3. The molecule has 82 valence electrons. The fourth-order valence-corrected chi connectivity index (χ4v) is 1.78. The molecule has 1 N–H and O–H groups in total. The molecule has 0 aliphatic carbocycles. The van der Waals surface area contributed by atoms with Gasteiger partial charge < -0.3 is 0 Å². The third-order valence-electron chi connectivity index (χ3n) is 2.19. The normalized spacial score (nSPS) is 15.6. The number of hydrogen-bond acceptors (Lipinski definition) is 3. The monoisotopic (exact) mass is 282 g/mol. The average Bonchev–Trinajstić information content (AvgIpc) is 2.48. The molecule has 0 radical (unpaired) electrons. The van der Waals surface area contributed by atoms with Crippen molar-refractivity contribution < 1.29 is 14.4 Å². The number of carbonyl (C=O) groups is 3. The average molecular weight is 283 g/mol. The fraction of sp³-hybridized carbons (Fsp3) is 0.100. The predicted molar refractivity (Wildman–Crippen MR) is 58.2 cm³/mol. The molecule has 1 heterocycles. The molecule has 6 heteroatoms. The van der Waals surface area contributed by atoms with Crippen molar-refractivity contribution in [2.45, 2.75) is 6.54 Å². The number of halogens is 1. The Morgan fingerprint density at radius 1 is 1.19 bits per heavy atom. The summed E-state index contributed by atoms with van der Waals surface area (Å²) in [5.74, 6) is -1.70. The van der Waals surface area contributed by atoms with Crippen LogP contribution < -0.4 is 5.32 Å². The number of urea groups is 1. The molecule has 0 saturated carbocycles. The topological polar surface area (TPSA) is 66.5 Å². The van der Waals surface area contributed by atoms with Crippen LogP contribution in [0, 0.1) is 0 Å². The van der Waals surface area contributed by atoms with E-state index in [2.05, 4.69) is 15.9 Å². The van der Waals surface area contributed by atoms with Gasteiger partial charge in [0, 0.05) is 4.47 Å². The largest absolute Gasteiger partial charge is 0.331 e. The molecular formula is C10H7BrN2O3. The fourth-order valence-electron chi connectivity index (χ4n) is 1.37. The van der Waals surface area contributed by atoms with E-state index in [0.29, 0.717) is 0 Å². The van der Waals surface area contributed by atoms with Crippen molar-refractivity contribution >= 4 is 33.8 Å². The van der Waals surface area contributed by atoms with Gasteiger partial charge in [0.15, 0.2) is 0 Å². The summed E-state index contributed by atoms with van der Waals surface area (Å²) >= 11 is 3.30. The minimum atomic E-state index is -0.878. The van der Waals surface area contributed by atoms with Gasteiger partial charge in [-0.3, -0.25) is 19.8 Å². The number of nitrogens with zero attached hydrogens (tertiary/aromatic N) is 1. The van der Waals surface area contributed by atoms with Gasteiger partial charge in [-0.05, 0) is 11.6 Å². The standard InChI is InChI=1S/C10H7BrN2O3/c11-7-4-2-1-3-6(7)5-13-9(15)8(14)12-10(13)16/h1-4H,5H2,(H,12,14,16). The van der Waals surface area contributed by atoms with Crippen molar-refractivity contribution in [3.63, 3.8) is 0 Å². The van der Waals surface area contributed by atoms with Crippen LogP contribution in [-0.4, -0.2) is 22.7 Å². The summed E-state index contributed by atoms with van der Waals surface area (Å²) in [5, 5.41) is 1.94. The molecule has 1 saturated heterocycles. The zero-order valence-electron chi connectivity index (χ0n) is 8.07. The second kappa shape index (κ2) is 4.05. The highest BCUT2D eigenvalue weighted by Gasteiger charge is 2.36. The van der Waals surface area contributed by atoms with E-state index in [-0.39, 0.29) is 6.54 Å². The van der Waals surface area contributed by atoms with Crippen molar-refractivity contribution in [2.24, 2.45) is 0 Å². The Morgan fingerprint density at radius 2 is 1.88 bits per heavy atom. The first kappa shape index (κ1) is 10.8. The smallest absolute Gasteiger partial charge is 0.269 e. The number of imide groups is 2. The summed E-state index contributed by atoms with van der Waals surface area (Å²) in [7, 11) is 0. The second-order valence-electron chi connectivity index (χ2n) is 3.24. The molecular weight excluding hydrogens is 276 g/mol. The van der Waals surface area contributed by atoms with E-state index in [9.17, 15) is 14.4 Å². The minimum absolute atomic E-state index is 0.0812. The highest BCUT2D eigenvalue weighted by Crippen LogP contribution is 2.18. The first-order chi connectivity index (χ1) is 7.59. The summed E-state index contributed by atoms with van der Waals surface area (Å²) in [6, 6.07) is 6.51. The van der Waals surface area contributed by atoms with Gasteiger partial charge >= 0.3 is 17.8 Å². The Bertz CT molecular complexity index is 487. The van der Waals surface area contributed by atoms with Gasteiger partial charge in [0.05, 0.1) is 6.54 Å². The van der Waals surface area contributed by atoms with Gasteiger partial charge in [0.1, 0.15) is 0 Å². The van der Waals surface area contributed by atoms with Crippen LogP contribution in [0.25, 0.3) is 0 Å². The second-order valence-corrected chi connectivity index (χ2v) is 4.10. The number of rotatable bonds is 2. The molecule has 5 nitrogen and oxygen atoms in total. The molecule has 1 aromatic carbocycles. The molecule has 1 aliphatic rings. The van der Waals surface area contributed by atoms with Crippen molar-refractivity contribution in [3.05, 3.63) is 34.3 Å². The lowest BCUT2D eigenvalue weighted by Gasteiger charge is -2.12. The Balaban J connectivity index is 2.23. The first-order valence-electron chi connectivity index (χ1n) is 4.50. The van der Waals surface area contributed by atoms with Crippen LogP contribution in [0.4, 0.5) is 4.79 Å². The molecule has 0 atom stereocenters. The number of nitrogens with one attached hydrogen (secondary N) is 1. The summed E-state index contributed by atoms with van der Waals surface area (Å²) < 4.78 is 0.787. The highest BCUT2D eigenvalue weighted by atomic mass is 79.9. The SMILES string of the molecule is O=C1NC(=O)N(Cc2ccccc2Br)C1=O. The van der Waals surface area contributed by atoms with Crippen molar-refractivity contribution in [2.75, 3.05) is 0 Å². The third-order valence-corrected chi connectivity index (χ3v) is 2.96. The molecule has 16 heavy (non-hydrogen) atoms. The molecule has 0 unspecified atom stereocenters. The van der Waals surface area contributed by atoms with Gasteiger partial charge in [0.25, 0.3) is 0 Å². The quantitative estimate of drug-likeness (QED) is 0.651. The van der Waals surface area contributed by atoms with Crippen molar-refractivity contribution in [3.8, 4) is 0 Å². The summed E-state index contributed by atoms with van der Waals surface area (Å²) in [4.78, 5) is 34.4. The Labute approximate surface area is 99.5 Å². The lowest BCUT2D eigenvalue weighted by atomic mass is 10.2. The minimum Gasteiger partial charge on any atom is -0.269 e. The lowest BCUT2D eigenvalue weighted by Crippen LogP contribution is -2.30. The molecule has 0 spiro atoms. The molecule has 2 rings (SSSR count). The van der Waals surface area contributed by atoms with Crippen molar-refractivity contribution in [1.29, 1.82) is 0 Å². The number of hydrogen-bond donors (Lipinski definition) is 1. The number of benzene rings is 1. The molecule has 1 fully saturated rings. The van der Waals surface area contributed by atoms with Crippen LogP contribution in [0.2, 0.25) is 0 Å². The maximum absolute atomic E-state index is 11.3. The van der Waals surface area contributed by atoms with Gasteiger partial charge in [-0.2, -0.15) is 0 Å². The van der Waals surface area contributed by atoms with E-state index in [1.807, 2.05) is 11.4 Å². The van der Waals surface area contributed by atoms with E-state index < -0.39 is 17.8 Å².